The minimum Gasteiger partial charge on any atom is -0.322 e. The fraction of sp³-hybridized carbons (Fsp3) is 0. The molecular weight excluding hydrogens is 346 g/mol. The van der Waals surface area contributed by atoms with E-state index in [2.05, 4.69) is 14.7 Å². The van der Waals surface area contributed by atoms with Crippen molar-refractivity contribution in [1.82, 2.24) is 9.97 Å². The first kappa shape index (κ1) is 14.9. The Balaban J connectivity index is 1.80. The van der Waals surface area contributed by atoms with Gasteiger partial charge in [0.15, 0.2) is 0 Å². The molecule has 0 saturated heterocycles. The number of nitrogens with one attached hydrogen (secondary N) is 2. The summed E-state index contributed by atoms with van der Waals surface area (Å²) >= 11 is 1.45. The molecule has 2 heterocycles. The average molecular weight is 357 g/mol. The van der Waals surface area contributed by atoms with Crippen LogP contribution in [0.2, 0.25) is 0 Å². The lowest BCUT2D eigenvalue weighted by Crippen LogP contribution is -2.13. The molecule has 0 aliphatic carbocycles. The third-order valence-electron chi connectivity index (χ3n) is 3.62. The number of pyridine rings is 1. The quantitative estimate of drug-likeness (QED) is 0.590. The van der Waals surface area contributed by atoms with Crippen molar-refractivity contribution >= 4 is 48.2 Å². The number of aromatic amines is 1. The van der Waals surface area contributed by atoms with Crippen molar-refractivity contribution in [3.8, 4) is 0 Å². The maximum Gasteiger partial charge on any atom is 0.261 e. The maximum atomic E-state index is 12.7. The predicted molar refractivity (Wildman–Crippen MR) is 95.0 cm³/mol. The highest BCUT2D eigenvalue weighted by atomic mass is 32.2. The van der Waals surface area contributed by atoms with E-state index in [1.165, 1.54) is 17.4 Å². The van der Waals surface area contributed by atoms with Crippen molar-refractivity contribution in [1.29, 1.82) is 0 Å². The Morgan fingerprint density at radius 2 is 1.96 bits per heavy atom. The highest BCUT2D eigenvalue weighted by Crippen LogP contribution is 2.26. The minimum absolute atomic E-state index is 0.141. The molecule has 4 aromatic rings. The van der Waals surface area contributed by atoms with Crippen LogP contribution in [0.4, 0.5) is 5.69 Å². The number of H-pyrrole nitrogens is 1. The van der Waals surface area contributed by atoms with Gasteiger partial charge in [-0.15, -0.1) is 11.3 Å². The molecule has 0 aliphatic rings. The largest absolute Gasteiger partial charge is 0.322 e. The van der Waals surface area contributed by atoms with Crippen LogP contribution in [0.15, 0.2) is 63.7 Å². The molecule has 0 saturated carbocycles. The Morgan fingerprint density at radius 1 is 1.08 bits per heavy atom. The molecule has 0 amide bonds. The van der Waals surface area contributed by atoms with Crippen LogP contribution in [-0.2, 0) is 10.0 Å². The van der Waals surface area contributed by atoms with E-state index in [9.17, 15) is 13.2 Å². The number of benzene rings is 2. The number of fused-ring (bicyclic) bond motifs is 2. The lowest BCUT2D eigenvalue weighted by atomic mass is 10.2. The van der Waals surface area contributed by atoms with E-state index in [-0.39, 0.29) is 10.5 Å². The number of rotatable bonds is 3. The van der Waals surface area contributed by atoms with Gasteiger partial charge < -0.3 is 4.98 Å². The van der Waals surface area contributed by atoms with E-state index in [0.717, 1.165) is 4.70 Å². The molecular formula is C16H11N3O3S2. The Bertz CT molecular complexity index is 1230. The van der Waals surface area contributed by atoms with Crippen molar-refractivity contribution in [3.63, 3.8) is 0 Å². The van der Waals surface area contributed by atoms with Crippen LogP contribution in [0.1, 0.15) is 0 Å². The standard InChI is InChI=1S/C16H11N3O3S2/c20-16-7-5-11-12(18-16)2-1-3-13(11)19-24(21,22)10-4-6-15-14(8-10)17-9-23-15/h1-9,19H,(H,18,20). The van der Waals surface area contributed by atoms with Crippen molar-refractivity contribution in [3.05, 3.63) is 64.4 Å². The van der Waals surface area contributed by atoms with Gasteiger partial charge >= 0.3 is 0 Å². The van der Waals surface area contributed by atoms with E-state index in [4.69, 9.17) is 0 Å². The monoisotopic (exact) mass is 357 g/mol. The molecule has 0 spiro atoms. The zero-order valence-corrected chi connectivity index (χ0v) is 13.8. The van der Waals surface area contributed by atoms with Crippen molar-refractivity contribution in [2.45, 2.75) is 4.90 Å². The summed E-state index contributed by atoms with van der Waals surface area (Å²) in [5.74, 6) is 0. The van der Waals surface area contributed by atoms with E-state index in [1.807, 2.05) is 0 Å². The van der Waals surface area contributed by atoms with Gasteiger partial charge in [-0.05, 0) is 36.4 Å². The number of sulfonamides is 1. The smallest absolute Gasteiger partial charge is 0.261 e. The van der Waals surface area contributed by atoms with Gasteiger partial charge in [0, 0.05) is 11.5 Å². The first-order valence-corrected chi connectivity index (χ1v) is 9.37. The Hall–Kier alpha value is -2.71. The molecule has 6 nitrogen and oxygen atoms in total. The number of aromatic nitrogens is 2. The number of hydrogen-bond acceptors (Lipinski definition) is 5. The van der Waals surface area contributed by atoms with Crippen LogP contribution < -0.4 is 10.3 Å². The van der Waals surface area contributed by atoms with Gasteiger partial charge in [-0.25, -0.2) is 13.4 Å². The van der Waals surface area contributed by atoms with Crippen LogP contribution in [0.5, 0.6) is 0 Å². The molecule has 0 atom stereocenters. The van der Waals surface area contributed by atoms with Gasteiger partial charge in [-0.2, -0.15) is 0 Å². The number of anilines is 1. The number of thiazole rings is 1. The third kappa shape index (κ3) is 2.55. The summed E-state index contributed by atoms with van der Waals surface area (Å²) in [6.45, 7) is 0. The van der Waals surface area contributed by atoms with E-state index in [0.29, 0.717) is 22.1 Å². The normalized spacial score (nSPS) is 11.8. The van der Waals surface area contributed by atoms with Crippen molar-refractivity contribution in [2.75, 3.05) is 4.72 Å². The van der Waals surface area contributed by atoms with Gasteiger partial charge in [0.25, 0.3) is 10.0 Å². The van der Waals surface area contributed by atoms with Crippen LogP contribution >= 0.6 is 11.3 Å². The van der Waals surface area contributed by atoms with Gasteiger partial charge in [0.1, 0.15) is 0 Å². The van der Waals surface area contributed by atoms with Gasteiger partial charge in [0.05, 0.1) is 31.8 Å². The SMILES string of the molecule is O=c1ccc2c(NS(=O)(=O)c3ccc4scnc4c3)cccc2[nH]1. The van der Waals surface area contributed by atoms with Crippen molar-refractivity contribution in [2.24, 2.45) is 0 Å². The zero-order valence-electron chi connectivity index (χ0n) is 12.2. The first-order valence-electron chi connectivity index (χ1n) is 7.01. The molecule has 24 heavy (non-hydrogen) atoms. The fourth-order valence-electron chi connectivity index (χ4n) is 2.48. The molecule has 0 aliphatic heterocycles. The Kier molecular flexibility index (Phi) is 3.36. The lowest BCUT2D eigenvalue weighted by molar-refractivity contribution is 0.601. The molecule has 0 fully saturated rings. The van der Waals surface area contributed by atoms with E-state index < -0.39 is 10.0 Å². The molecule has 0 radical (unpaired) electrons. The third-order valence-corrected chi connectivity index (χ3v) is 5.80. The van der Waals surface area contributed by atoms with Crippen molar-refractivity contribution < 1.29 is 8.42 Å². The van der Waals surface area contributed by atoms with Crippen LogP contribution in [-0.4, -0.2) is 18.4 Å². The molecule has 2 N–H and O–H groups in total. The highest BCUT2D eigenvalue weighted by molar-refractivity contribution is 7.92. The van der Waals surface area contributed by atoms with Gasteiger partial charge in [-0.1, -0.05) is 6.07 Å². The Morgan fingerprint density at radius 3 is 2.83 bits per heavy atom. The summed E-state index contributed by atoms with van der Waals surface area (Å²) in [5, 5.41) is 0.621. The molecule has 0 unspecified atom stereocenters. The van der Waals surface area contributed by atoms with Crippen LogP contribution in [0.3, 0.4) is 0 Å². The molecule has 8 heteroatoms. The molecule has 0 bridgehead atoms. The predicted octanol–water partition coefficient (Wildman–Crippen LogP) is 2.94. The topological polar surface area (TPSA) is 91.9 Å². The summed E-state index contributed by atoms with van der Waals surface area (Å²) in [6.07, 6.45) is 0. The summed E-state index contributed by atoms with van der Waals surface area (Å²) in [6, 6.07) is 12.8. The summed E-state index contributed by atoms with van der Waals surface area (Å²) in [4.78, 5) is 18.4. The van der Waals surface area contributed by atoms with E-state index in [1.54, 1.807) is 48.0 Å². The van der Waals surface area contributed by atoms with E-state index >= 15 is 0 Å². The molecule has 2 aromatic carbocycles. The molecule has 4 rings (SSSR count). The minimum atomic E-state index is -3.76. The van der Waals surface area contributed by atoms with Crippen LogP contribution in [0.25, 0.3) is 21.1 Å². The summed E-state index contributed by atoms with van der Waals surface area (Å²) in [5.41, 5.74) is 3.05. The molecule has 2 aromatic heterocycles. The Labute approximate surface area is 140 Å². The first-order chi connectivity index (χ1) is 11.5. The van der Waals surface area contributed by atoms with Gasteiger partial charge in [0.2, 0.25) is 5.56 Å². The summed E-state index contributed by atoms with van der Waals surface area (Å²) < 4.78 is 28.8. The number of hydrogen-bond donors (Lipinski definition) is 2. The average Bonchev–Trinajstić information content (AvgIpc) is 3.02. The second-order valence-electron chi connectivity index (χ2n) is 5.18. The highest BCUT2D eigenvalue weighted by Gasteiger charge is 2.16. The molecule has 120 valence electrons. The maximum absolute atomic E-state index is 12.7. The summed E-state index contributed by atoms with van der Waals surface area (Å²) in [7, 11) is -3.76. The van der Waals surface area contributed by atoms with Gasteiger partial charge in [-0.3, -0.25) is 9.52 Å². The fourth-order valence-corrected chi connectivity index (χ4v) is 4.24. The van der Waals surface area contributed by atoms with Crippen LogP contribution in [0, 0.1) is 0 Å². The second-order valence-corrected chi connectivity index (χ2v) is 7.75. The lowest BCUT2D eigenvalue weighted by Gasteiger charge is -2.10. The number of nitrogens with zero attached hydrogens (tertiary/aromatic N) is 1. The zero-order chi connectivity index (χ0) is 16.7. The second kappa shape index (κ2) is 5.43.